The van der Waals surface area contributed by atoms with Gasteiger partial charge in [0.05, 0.1) is 6.61 Å². The molecule has 0 aliphatic carbocycles. The van der Waals surface area contributed by atoms with E-state index in [4.69, 9.17) is 4.74 Å². The molecule has 5 heteroatoms. The summed E-state index contributed by atoms with van der Waals surface area (Å²) < 4.78 is 9.14. The molecule has 0 radical (unpaired) electrons. The van der Waals surface area contributed by atoms with Crippen molar-refractivity contribution < 1.29 is 4.74 Å². The number of ether oxygens (including phenoxy) is 1. The van der Waals surface area contributed by atoms with Crippen molar-refractivity contribution in [2.45, 2.75) is 19.8 Å². The summed E-state index contributed by atoms with van der Waals surface area (Å²) >= 11 is 1.41. The second-order valence-electron chi connectivity index (χ2n) is 2.69. The average molecular weight is 201 g/mol. The van der Waals surface area contributed by atoms with Crippen molar-refractivity contribution in [2.24, 2.45) is 0 Å². The van der Waals surface area contributed by atoms with Gasteiger partial charge in [-0.15, -0.1) is 0 Å². The van der Waals surface area contributed by atoms with Crippen LogP contribution in [0.2, 0.25) is 0 Å². The number of hydrogen-bond acceptors (Lipinski definition) is 5. The topological polar surface area (TPSA) is 47.0 Å². The molecule has 0 fully saturated rings. The first-order valence-electron chi connectivity index (χ1n) is 4.42. The van der Waals surface area contributed by atoms with Gasteiger partial charge in [-0.25, -0.2) is 4.98 Å². The molecule has 0 saturated heterocycles. The Morgan fingerprint density at radius 3 is 3.08 bits per heavy atom. The van der Waals surface area contributed by atoms with Crippen LogP contribution < -0.4 is 5.32 Å². The Morgan fingerprint density at radius 1 is 1.54 bits per heavy atom. The minimum Gasteiger partial charge on any atom is -0.384 e. The quantitative estimate of drug-likeness (QED) is 0.758. The molecule has 74 valence electrons. The highest BCUT2D eigenvalue weighted by atomic mass is 32.1. The van der Waals surface area contributed by atoms with E-state index in [0.717, 1.165) is 30.3 Å². The lowest BCUT2D eigenvalue weighted by Gasteiger charge is -1.96. The van der Waals surface area contributed by atoms with Gasteiger partial charge < -0.3 is 10.1 Å². The standard InChI is InChI=1S/C8H15N3OS/c1-3-5-9-8-10-7(11-13-8)4-6-12-2/h3-6H2,1-2H3,(H,9,10,11). The minimum atomic E-state index is 0.684. The zero-order chi connectivity index (χ0) is 9.52. The van der Waals surface area contributed by atoms with Crippen LogP contribution in [-0.4, -0.2) is 29.6 Å². The molecule has 1 N–H and O–H groups in total. The molecule has 0 amide bonds. The predicted molar refractivity (Wildman–Crippen MR) is 54.3 cm³/mol. The van der Waals surface area contributed by atoms with Crippen molar-refractivity contribution >= 4 is 16.7 Å². The van der Waals surface area contributed by atoms with Crippen LogP contribution in [0.4, 0.5) is 5.13 Å². The molecule has 1 aromatic rings. The normalized spacial score (nSPS) is 10.3. The largest absolute Gasteiger partial charge is 0.384 e. The van der Waals surface area contributed by atoms with E-state index in [1.165, 1.54) is 11.5 Å². The van der Waals surface area contributed by atoms with Crippen molar-refractivity contribution in [2.75, 3.05) is 25.6 Å². The zero-order valence-corrected chi connectivity index (χ0v) is 8.86. The van der Waals surface area contributed by atoms with Crippen LogP contribution in [0.1, 0.15) is 19.2 Å². The third-order valence-corrected chi connectivity index (χ3v) is 2.23. The van der Waals surface area contributed by atoms with Crippen LogP contribution in [0.25, 0.3) is 0 Å². The molecule has 0 aromatic carbocycles. The summed E-state index contributed by atoms with van der Waals surface area (Å²) in [6.07, 6.45) is 1.90. The lowest BCUT2D eigenvalue weighted by molar-refractivity contribution is 0.201. The van der Waals surface area contributed by atoms with Crippen molar-refractivity contribution in [1.29, 1.82) is 0 Å². The van der Waals surface area contributed by atoms with Crippen LogP contribution in [0, 0.1) is 0 Å². The van der Waals surface area contributed by atoms with E-state index in [0.29, 0.717) is 6.61 Å². The number of aromatic nitrogens is 2. The summed E-state index contributed by atoms with van der Waals surface area (Å²) in [6.45, 7) is 3.77. The van der Waals surface area contributed by atoms with Crippen molar-refractivity contribution in [3.05, 3.63) is 5.82 Å². The fourth-order valence-electron chi connectivity index (χ4n) is 0.853. The van der Waals surface area contributed by atoms with Gasteiger partial charge in [-0.05, 0) is 6.42 Å². The minimum absolute atomic E-state index is 0.684. The SMILES string of the molecule is CCCNc1nc(CCOC)ns1. The first-order chi connectivity index (χ1) is 6.36. The second-order valence-corrected chi connectivity index (χ2v) is 3.44. The first-order valence-corrected chi connectivity index (χ1v) is 5.19. The molecular weight excluding hydrogens is 186 g/mol. The Bertz CT molecular complexity index is 217. The van der Waals surface area contributed by atoms with Crippen molar-refractivity contribution in [3.8, 4) is 0 Å². The third kappa shape index (κ3) is 3.69. The van der Waals surface area contributed by atoms with Crippen molar-refractivity contribution in [3.63, 3.8) is 0 Å². The predicted octanol–water partition coefficient (Wildman–Crippen LogP) is 1.55. The smallest absolute Gasteiger partial charge is 0.202 e. The van der Waals surface area contributed by atoms with E-state index in [1.807, 2.05) is 0 Å². The molecule has 13 heavy (non-hydrogen) atoms. The highest BCUT2D eigenvalue weighted by molar-refractivity contribution is 7.09. The van der Waals surface area contributed by atoms with Crippen LogP contribution in [0.15, 0.2) is 0 Å². The molecule has 1 rings (SSSR count). The lowest BCUT2D eigenvalue weighted by Crippen LogP contribution is -2.00. The maximum absolute atomic E-state index is 4.94. The maximum Gasteiger partial charge on any atom is 0.202 e. The van der Waals surface area contributed by atoms with Gasteiger partial charge >= 0.3 is 0 Å². The Kier molecular flexibility index (Phi) is 4.70. The summed E-state index contributed by atoms with van der Waals surface area (Å²) in [5.74, 6) is 0.866. The Balaban J connectivity index is 2.34. The van der Waals surface area contributed by atoms with Gasteiger partial charge in [-0.3, -0.25) is 0 Å². The zero-order valence-electron chi connectivity index (χ0n) is 8.04. The molecule has 4 nitrogen and oxygen atoms in total. The van der Waals surface area contributed by atoms with E-state index < -0.39 is 0 Å². The number of methoxy groups -OCH3 is 1. The molecule has 0 aliphatic heterocycles. The van der Waals surface area contributed by atoms with Crippen molar-refractivity contribution in [1.82, 2.24) is 9.36 Å². The summed E-state index contributed by atoms with van der Waals surface area (Å²) in [4.78, 5) is 4.30. The van der Waals surface area contributed by atoms with Gasteiger partial charge in [-0.1, -0.05) is 6.92 Å². The summed E-state index contributed by atoms with van der Waals surface area (Å²) in [7, 11) is 1.68. The molecule has 0 unspecified atom stereocenters. The van der Waals surface area contributed by atoms with Gasteiger partial charge in [0.1, 0.15) is 5.82 Å². The molecule has 0 bridgehead atoms. The van der Waals surface area contributed by atoms with Crippen LogP contribution in [-0.2, 0) is 11.2 Å². The Hall–Kier alpha value is -0.680. The van der Waals surface area contributed by atoms with E-state index in [-0.39, 0.29) is 0 Å². The molecule has 0 aliphatic rings. The number of nitrogens with zero attached hydrogens (tertiary/aromatic N) is 2. The molecule has 1 heterocycles. The molecule has 1 aromatic heterocycles. The van der Waals surface area contributed by atoms with Crippen LogP contribution >= 0.6 is 11.5 Å². The first kappa shape index (κ1) is 10.4. The monoisotopic (exact) mass is 201 g/mol. The fraction of sp³-hybridized carbons (Fsp3) is 0.750. The second kappa shape index (κ2) is 5.88. The van der Waals surface area contributed by atoms with Gasteiger partial charge in [0, 0.05) is 31.6 Å². The highest BCUT2D eigenvalue weighted by Gasteiger charge is 2.01. The van der Waals surface area contributed by atoms with E-state index in [2.05, 4.69) is 21.6 Å². The number of nitrogens with one attached hydrogen (secondary N) is 1. The van der Waals surface area contributed by atoms with Gasteiger partial charge in [0.2, 0.25) is 5.13 Å². The van der Waals surface area contributed by atoms with E-state index in [1.54, 1.807) is 7.11 Å². The number of anilines is 1. The average Bonchev–Trinajstić information content (AvgIpc) is 2.59. The van der Waals surface area contributed by atoms with Gasteiger partial charge in [0.25, 0.3) is 0 Å². The number of hydrogen-bond donors (Lipinski definition) is 1. The molecule has 0 saturated carbocycles. The summed E-state index contributed by atoms with van der Waals surface area (Å²) in [5, 5.41) is 4.11. The van der Waals surface area contributed by atoms with Crippen LogP contribution in [0.3, 0.4) is 0 Å². The Labute approximate surface area is 82.5 Å². The molecular formula is C8H15N3OS. The Morgan fingerprint density at radius 2 is 2.38 bits per heavy atom. The van der Waals surface area contributed by atoms with E-state index in [9.17, 15) is 0 Å². The fourth-order valence-corrected chi connectivity index (χ4v) is 1.49. The van der Waals surface area contributed by atoms with E-state index >= 15 is 0 Å². The van der Waals surface area contributed by atoms with Gasteiger partial charge in [0.15, 0.2) is 0 Å². The van der Waals surface area contributed by atoms with Crippen LogP contribution in [0.5, 0.6) is 0 Å². The molecule has 0 atom stereocenters. The highest BCUT2D eigenvalue weighted by Crippen LogP contribution is 2.10. The number of rotatable bonds is 6. The maximum atomic E-state index is 4.94. The van der Waals surface area contributed by atoms with Gasteiger partial charge in [-0.2, -0.15) is 4.37 Å². The molecule has 0 spiro atoms. The summed E-state index contributed by atoms with van der Waals surface area (Å²) in [6, 6.07) is 0. The summed E-state index contributed by atoms with van der Waals surface area (Å²) in [5.41, 5.74) is 0. The third-order valence-electron chi connectivity index (χ3n) is 1.52. The lowest BCUT2D eigenvalue weighted by atomic mass is 10.4.